The number of aryl methyl sites for hydroxylation is 8. The largest absolute Gasteiger partial charge is 0.319 e. The molecule has 0 aliphatic carbocycles. The van der Waals surface area contributed by atoms with E-state index in [-0.39, 0.29) is 0 Å². The Labute approximate surface area is 424 Å². The fourth-order valence-corrected chi connectivity index (χ4v) is 11.4. The lowest BCUT2D eigenvalue weighted by Gasteiger charge is -2.15. The van der Waals surface area contributed by atoms with Crippen molar-refractivity contribution >= 4 is 71.1 Å². The molecule has 0 spiro atoms. The van der Waals surface area contributed by atoms with E-state index in [1.807, 2.05) is 6.07 Å². The molecule has 4 heterocycles. The molecule has 73 heavy (non-hydrogen) atoms. The summed E-state index contributed by atoms with van der Waals surface area (Å²) < 4.78 is 6.59. The van der Waals surface area contributed by atoms with Crippen LogP contribution >= 0.6 is 0 Å². The van der Waals surface area contributed by atoms with Gasteiger partial charge in [0.15, 0.2) is 5.82 Å². The van der Waals surface area contributed by atoms with Crippen LogP contribution in [0, 0.1) is 62.0 Å². The first kappa shape index (κ1) is 43.9. The van der Waals surface area contributed by atoms with Gasteiger partial charge in [-0.05, 0) is 174 Å². The Morgan fingerprint density at radius 1 is 0.329 bits per heavy atom. The predicted molar refractivity (Wildman–Crippen MR) is 303 cm³/mol. The van der Waals surface area contributed by atoms with Crippen molar-refractivity contribution in [3.63, 3.8) is 0 Å². The highest BCUT2D eigenvalue weighted by Gasteiger charge is 2.23. The third kappa shape index (κ3) is 7.05. The van der Waals surface area contributed by atoms with Crippen molar-refractivity contribution in [1.82, 2.24) is 28.7 Å². The number of benzene rings is 9. The Kier molecular flexibility index (Phi) is 9.90. The molecule has 7 nitrogen and oxygen atoms in total. The summed E-state index contributed by atoms with van der Waals surface area (Å²) in [5.41, 5.74) is 22.5. The molecular formula is C66H51N7. The summed E-state index contributed by atoms with van der Waals surface area (Å²) in [6.45, 7) is 26.0. The van der Waals surface area contributed by atoms with Crippen LogP contribution in [0.5, 0.6) is 0 Å². The molecular weight excluding hydrogens is 891 g/mol. The second-order valence-corrected chi connectivity index (χ2v) is 20.3. The minimum absolute atomic E-state index is 0.471. The molecule has 0 radical (unpaired) electrons. The van der Waals surface area contributed by atoms with E-state index in [1.165, 1.54) is 55.6 Å². The van der Waals surface area contributed by atoms with Gasteiger partial charge in [-0.25, -0.2) is 4.85 Å². The van der Waals surface area contributed by atoms with E-state index in [2.05, 4.69) is 232 Å². The highest BCUT2D eigenvalue weighted by Crippen LogP contribution is 2.42. The molecule has 0 atom stereocenters. The monoisotopic (exact) mass is 941 g/mol. The maximum Gasteiger partial charge on any atom is 0.240 e. The maximum atomic E-state index is 8.83. The molecule has 4 aromatic heterocycles. The van der Waals surface area contributed by atoms with Gasteiger partial charge in [0, 0.05) is 37.9 Å². The van der Waals surface area contributed by atoms with Gasteiger partial charge in [-0.3, -0.25) is 9.13 Å². The molecule has 0 unspecified atom stereocenters. The smallest absolute Gasteiger partial charge is 0.240 e. The van der Waals surface area contributed by atoms with Crippen LogP contribution in [0.1, 0.15) is 44.5 Å². The van der Waals surface area contributed by atoms with Gasteiger partial charge in [0.05, 0.1) is 45.4 Å². The van der Waals surface area contributed by atoms with Crippen molar-refractivity contribution in [3.8, 4) is 51.2 Å². The zero-order chi connectivity index (χ0) is 50.0. The third-order valence-corrected chi connectivity index (χ3v) is 14.9. The second-order valence-electron chi connectivity index (χ2n) is 20.3. The van der Waals surface area contributed by atoms with Crippen LogP contribution < -0.4 is 0 Å². The standard InChI is InChI=1S/C66H51N7/c1-37-10-19-48(43(7)28-37)45-16-25-57-54(34-45)55-35-46(49-20-11-38(2)29-44(49)8)17-26-58(55)71(57)63-27-18-47(36-56(63)67-9)64-68-65(72-59-21-12-39(3)30-50(59)51-31-40(4)13-22-60(51)72)70-66(69-64)73-61-23-14-41(5)32-52(61)53-33-42(6)15-24-62(53)73/h10-36H,1-8H3. The summed E-state index contributed by atoms with van der Waals surface area (Å²) >= 11 is 0. The van der Waals surface area contributed by atoms with Crippen LogP contribution in [-0.2, 0) is 0 Å². The van der Waals surface area contributed by atoms with E-state index in [1.54, 1.807) is 0 Å². The van der Waals surface area contributed by atoms with Gasteiger partial charge in [0.1, 0.15) is 0 Å². The molecule has 0 fully saturated rings. The van der Waals surface area contributed by atoms with Gasteiger partial charge in [-0.2, -0.15) is 15.0 Å². The quantitative estimate of drug-likeness (QED) is 0.156. The van der Waals surface area contributed by atoms with Crippen LogP contribution in [0.4, 0.5) is 5.69 Å². The van der Waals surface area contributed by atoms with Gasteiger partial charge < -0.3 is 4.57 Å². The Morgan fingerprint density at radius 3 is 1.07 bits per heavy atom. The molecule has 7 heteroatoms. The molecule has 13 rings (SSSR count). The summed E-state index contributed by atoms with van der Waals surface area (Å²) in [6, 6.07) is 59.2. The van der Waals surface area contributed by atoms with Gasteiger partial charge >= 0.3 is 0 Å². The molecule has 0 saturated heterocycles. The molecule has 0 N–H and O–H groups in total. The average molecular weight is 942 g/mol. The van der Waals surface area contributed by atoms with Crippen molar-refractivity contribution < 1.29 is 0 Å². The normalized spacial score (nSPS) is 11.8. The fraction of sp³-hybridized carbons (Fsp3) is 0.121. The van der Waals surface area contributed by atoms with Gasteiger partial charge in [0.25, 0.3) is 0 Å². The first-order valence-corrected chi connectivity index (χ1v) is 24.9. The number of hydrogen-bond donors (Lipinski definition) is 0. The number of fused-ring (bicyclic) bond motifs is 9. The van der Waals surface area contributed by atoms with E-state index in [9.17, 15) is 0 Å². The van der Waals surface area contributed by atoms with Gasteiger partial charge in [-0.1, -0.05) is 112 Å². The van der Waals surface area contributed by atoms with E-state index in [0.717, 1.165) is 87.8 Å². The second kappa shape index (κ2) is 16.5. The van der Waals surface area contributed by atoms with Crippen LogP contribution in [0.3, 0.4) is 0 Å². The van der Waals surface area contributed by atoms with E-state index < -0.39 is 0 Å². The lowest BCUT2D eigenvalue weighted by atomic mass is 9.95. The van der Waals surface area contributed by atoms with E-state index in [0.29, 0.717) is 23.4 Å². The van der Waals surface area contributed by atoms with Crippen molar-refractivity contribution in [3.05, 3.63) is 220 Å². The summed E-state index contributed by atoms with van der Waals surface area (Å²) in [7, 11) is 0. The van der Waals surface area contributed by atoms with Crippen molar-refractivity contribution in [2.24, 2.45) is 0 Å². The van der Waals surface area contributed by atoms with E-state index >= 15 is 0 Å². The van der Waals surface area contributed by atoms with Crippen LogP contribution in [0.2, 0.25) is 0 Å². The average Bonchev–Trinajstić information content (AvgIpc) is 4.00. The summed E-state index contributed by atoms with van der Waals surface area (Å²) in [6.07, 6.45) is 0. The first-order valence-electron chi connectivity index (χ1n) is 24.9. The molecule has 0 saturated carbocycles. The van der Waals surface area contributed by atoms with Crippen molar-refractivity contribution in [1.29, 1.82) is 0 Å². The van der Waals surface area contributed by atoms with Crippen LogP contribution in [0.15, 0.2) is 164 Å². The molecule has 9 aromatic carbocycles. The van der Waals surface area contributed by atoms with Crippen molar-refractivity contribution in [2.45, 2.75) is 55.4 Å². The summed E-state index contributed by atoms with van der Waals surface area (Å²) in [5, 5.41) is 6.80. The molecule has 0 amide bonds. The lowest BCUT2D eigenvalue weighted by molar-refractivity contribution is 0.892. The zero-order valence-electron chi connectivity index (χ0n) is 42.2. The van der Waals surface area contributed by atoms with Gasteiger partial charge in [-0.15, -0.1) is 0 Å². The zero-order valence-corrected chi connectivity index (χ0v) is 42.2. The fourth-order valence-electron chi connectivity index (χ4n) is 11.4. The predicted octanol–water partition coefficient (Wildman–Crippen LogP) is 17.2. The minimum Gasteiger partial charge on any atom is -0.319 e. The highest BCUT2D eigenvalue weighted by atomic mass is 15.3. The van der Waals surface area contributed by atoms with Crippen LogP contribution in [0.25, 0.3) is 121 Å². The van der Waals surface area contributed by atoms with Gasteiger partial charge in [0.2, 0.25) is 17.6 Å². The topological polar surface area (TPSA) is 57.8 Å². The molecule has 0 aliphatic heterocycles. The molecule has 0 aliphatic rings. The number of hydrogen-bond acceptors (Lipinski definition) is 3. The third-order valence-electron chi connectivity index (χ3n) is 14.9. The Morgan fingerprint density at radius 2 is 0.671 bits per heavy atom. The first-order chi connectivity index (χ1) is 35.4. The SMILES string of the molecule is [C-]#[N+]c1cc(-c2nc(-n3c4ccc(C)cc4c4cc(C)ccc43)nc(-n3c4ccc(C)cc4c4cc(C)ccc43)n2)ccc1-n1c2ccc(-c3ccc(C)cc3C)cc2c2cc(-c3ccc(C)cc3C)ccc21. The Balaban J connectivity index is 1.05. The highest BCUT2D eigenvalue weighted by molar-refractivity contribution is 6.13. The molecule has 0 bridgehead atoms. The Bertz CT molecular complexity index is 4180. The summed E-state index contributed by atoms with van der Waals surface area (Å²) in [5.74, 6) is 1.47. The number of nitrogens with zero attached hydrogens (tertiary/aromatic N) is 7. The maximum absolute atomic E-state index is 8.83. The minimum atomic E-state index is 0.471. The number of aromatic nitrogens is 6. The van der Waals surface area contributed by atoms with Crippen molar-refractivity contribution in [2.75, 3.05) is 0 Å². The van der Waals surface area contributed by atoms with E-state index in [4.69, 9.17) is 21.5 Å². The summed E-state index contributed by atoms with van der Waals surface area (Å²) in [4.78, 5) is 20.5. The number of rotatable bonds is 6. The molecule has 350 valence electrons. The molecule has 13 aromatic rings. The lowest BCUT2D eigenvalue weighted by Crippen LogP contribution is -2.10. The Hall–Kier alpha value is -9.12. The van der Waals surface area contributed by atoms with Crippen LogP contribution in [-0.4, -0.2) is 28.7 Å².